The van der Waals surface area contributed by atoms with E-state index in [0.717, 1.165) is 16.7 Å². The molecule has 5 nitrogen and oxygen atoms in total. The molecule has 0 radical (unpaired) electrons. The summed E-state index contributed by atoms with van der Waals surface area (Å²) in [4.78, 5) is 25.4. The van der Waals surface area contributed by atoms with Crippen LogP contribution in [0.25, 0.3) is 0 Å². The Kier molecular flexibility index (Phi) is 4.76. The lowest BCUT2D eigenvalue weighted by Gasteiger charge is -2.22. The molecule has 120 valence electrons. The lowest BCUT2D eigenvalue weighted by molar-refractivity contribution is -0.149. The monoisotopic (exact) mass is 334 g/mol. The second-order valence-corrected chi connectivity index (χ2v) is 6.73. The molecule has 0 saturated carbocycles. The number of nitrogens with zero attached hydrogens (tertiary/aromatic N) is 2. The highest BCUT2D eigenvalue weighted by Crippen LogP contribution is 2.37. The molecule has 0 atom stereocenters. The third-order valence-corrected chi connectivity index (χ3v) is 3.86. The molecule has 1 saturated heterocycles. The molecule has 1 aromatic carbocycles. The van der Waals surface area contributed by atoms with E-state index in [4.69, 9.17) is 4.74 Å². The number of carbonyl (C=O) groups is 2. The summed E-state index contributed by atoms with van der Waals surface area (Å²) in [6.07, 6.45) is 0. The number of para-hydroxylation sites is 1. The third-order valence-electron chi connectivity index (χ3n) is 2.81. The first kappa shape index (κ1) is 17.0. The first-order valence-corrected chi connectivity index (χ1v) is 7.81. The van der Waals surface area contributed by atoms with Gasteiger partial charge in [0.05, 0.1) is 11.4 Å². The van der Waals surface area contributed by atoms with Crippen molar-refractivity contribution in [2.45, 2.75) is 26.4 Å². The van der Waals surface area contributed by atoms with Crippen LogP contribution < -0.4 is 4.90 Å². The Hall–Kier alpha value is -2.33. The molecule has 0 N–H and O–H groups in total. The van der Waals surface area contributed by atoms with E-state index in [-0.39, 0.29) is 22.0 Å². The molecule has 1 heterocycles. The minimum absolute atomic E-state index is 0.00816. The minimum atomic E-state index is -0.835. The van der Waals surface area contributed by atoms with Gasteiger partial charge < -0.3 is 4.74 Å². The van der Waals surface area contributed by atoms with Crippen molar-refractivity contribution >= 4 is 29.3 Å². The number of anilines is 1. The molecule has 0 aromatic heterocycles. The lowest BCUT2D eigenvalue weighted by Crippen LogP contribution is -2.29. The zero-order valence-electron chi connectivity index (χ0n) is 12.9. The number of halogens is 1. The number of esters is 1. The second kappa shape index (κ2) is 6.42. The molecule has 0 bridgehead atoms. The van der Waals surface area contributed by atoms with Crippen LogP contribution in [-0.4, -0.2) is 23.2 Å². The maximum absolute atomic E-state index is 14.0. The Balaban J connectivity index is 2.50. The molecule has 1 amide bonds. The van der Waals surface area contributed by atoms with Gasteiger partial charge in [-0.2, -0.15) is 5.26 Å². The van der Waals surface area contributed by atoms with Gasteiger partial charge in [0.25, 0.3) is 0 Å². The number of ether oxygens (including phenoxy) is 1. The maximum atomic E-state index is 14.0. The predicted molar refractivity (Wildman–Crippen MR) is 84.8 cm³/mol. The Morgan fingerprint density at radius 2 is 2.04 bits per heavy atom. The van der Waals surface area contributed by atoms with Crippen LogP contribution in [0.5, 0.6) is 0 Å². The van der Waals surface area contributed by atoms with Crippen LogP contribution in [0.15, 0.2) is 34.9 Å². The summed E-state index contributed by atoms with van der Waals surface area (Å²) < 4.78 is 19.2. The van der Waals surface area contributed by atoms with E-state index in [0.29, 0.717) is 0 Å². The molecule has 2 rings (SSSR count). The van der Waals surface area contributed by atoms with E-state index in [1.54, 1.807) is 32.9 Å². The van der Waals surface area contributed by atoms with E-state index < -0.39 is 23.3 Å². The van der Waals surface area contributed by atoms with Crippen LogP contribution in [0.2, 0.25) is 0 Å². The molecule has 0 aliphatic carbocycles. The van der Waals surface area contributed by atoms with E-state index in [1.165, 1.54) is 18.2 Å². The highest BCUT2D eigenvalue weighted by molar-refractivity contribution is 8.04. The van der Waals surface area contributed by atoms with Gasteiger partial charge in [0.15, 0.2) is 5.57 Å². The summed E-state index contributed by atoms with van der Waals surface area (Å²) in [6.45, 7) is 5.02. The van der Waals surface area contributed by atoms with Gasteiger partial charge in [-0.3, -0.25) is 9.69 Å². The van der Waals surface area contributed by atoms with Crippen molar-refractivity contribution in [1.82, 2.24) is 0 Å². The number of benzene rings is 1. The number of carbonyl (C=O) groups excluding carboxylic acids is 2. The summed E-state index contributed by atoms with van der Waals surface area (Å²) in [7, 11) is 0. The third kappa shape index (κ3) is 3.71. The first-order chi connectivity index (χ1) is 10.7. The average Bonchev–Trinajstić information content (AvgIpc) is 2.80. The smallest absolute Gasteiger partial charge is 0.352 e. The van der Waals surface area contributed by atoms with Crippen molar-refractivity contribution in [1.29, 1.82) is 5.26 Å². The fraction of sp³-hybridized carbons (Fsp3) is 0.312. The van der Waals surface area contributed by atoms with Crippen LogP contribution in [-0.2, 0) is 14.3 Å². The number of thioether (sulfide) groups is 1. The molecule has 1 aliphatic heterocycles. The molecule has 0 spiro atoms. The van der Waals surface area contributed by atoms with Gasteiger partial charge in [0, 0.05) is 0 Å². The highest BCUT2D eigenvalue weighted by atomic mass is 32.2. The number of amides is 1. The van der Waals surface area contributed by atoms with E-state index in [9.17, 15) is 19.2 Å². The highest BCUT2D eigenvalue weighted by Gasteiger charge is 2.35. The van der Waals surface area contributed by atoms with E-state index >= 15 is 0 Å². The Labute approximate surface area is 137 Å². The van der Waals surface area contributed by atoms with Crippen molar-refractivity contribution in [2.24, 2.45) is 0 Å². The SMILES string of the molecule is CC(C)(C)OC(=O)/C(C#N)=C1\SCC(=O)N1c1ccccc1F. The summed E-state index contributed by atoms with van der Waals surface area (Å²) in [5.74, 6) is -1.82. The van der Waals surface area contributed by atoms with Crippen LogP contribution in [0.1, 0.15) is 20.8 Å². The van der Waals surface area contributed by atoms with Gasteiger partial charge in [-0.1, -0.05) is 23.9 Å². The molecule has 1 aromatic rings. The number of hydrogen-bond donors (Lipinski definition) is 0. The van der Waals surface area contributed by atoms with Crippen molar-refractivity contribution in [3.05, 3.63) is 40.7 Å². The predicted octanol–water partition coefficient (Wildman–Crippen LogP) is 2.98. The number of nitriles is 1. The molecule has 7 heteroatoms. The maximum Gasteiger partial charge on any atom is 0.352 e. The topological polar surface area (TPSA) is 70.4 Å². The fourth-order valence-corrected chi connectivity index (χ4v) is 2.94. The summed E-state index contributed by atoms with van der Waals surface area (Å²) in [5, 5.41) is 9.41. The summed E-state index contributed by atoms with van der Waals surface area (Å²) in [6, 6.07) is 7.48. The van der Waals surface area contributed by atoms with Gasteiger partial charge in [-0.25, -0.2) is 9.18 Å². The van der Waals surface area contributed by atoms with Gasteiger partial charge in [0.2, 0.25) is 5.91 Å². The minimum Gasteiger partial charge on any atom is -0.456 e. The molecule has 23 heavy (non-hydrogen) atoms. The number of rotatable bonds is 2. The van der Waals surface area contributed by atoms with Crippen LogP contribution in [0.3, 0.4) is 0 Å². The largest absolute Gasteiger partial charge is 0.456 e. The first-order valence-electron chi connectivity index (χ1n) is 6.82. The van der Waals surface area contributed by atoms with Crippen molar-refractivity contribution < 1.29 is 18.7 Å². The Bertz CT molecular complexity index is 732. The summed E-state index contributed by atoms with van der Waals surface area (Å²) in [5.41, 5.74) is -1.08. The average molecular weight is 334 g/mol. The second-order valence-electron chi connectivity index (χ2n) is 5.76. The quantitative estimate of drug-likeness (QED) is 0.472. The Morgan fingerprint density at radius 3 is 2.61 bits per heavy atom. The lowest BCUT2D eigenvalue weighted by atomic mass is 10.2. The molecular weight excluding hydrogens is 319 g/mol. The fourth-order valence-electron chi connectivity index (χ4n) is 1.94. The zero-order valence-corrected chi connectivity index (χ0v) is 13.7. The van der Waals surface area contributed by atoms with Crippen LogP contribution >= 0.6 is 11.8 Å². The molecular formula is C16H15FN2O3S. The van der Waals surface area contributed by atoms with Crippen LogP contribution in [0, 0.1) is 17.1 Å². The van der Waals surface area contributed by atoms with Gasteiger partial charge in [-0.15, -0.1) is 0 Å². The van der Waals surface area contributed by atoms with Gasteiger partial charge in [-0.05, 0) is 32.9 Å². The Morgan fingerprint density at radius 1 is 1.39 bits per heavy atom. The van der Waals surface area contributed by atoms with Gasteiger partial charge >= 0.3 is 5.97 Å². The zero-order chi connectivity index (χ0) is 17.2. The normalized spacial score (nSPS) is 17.0. The van der Waals surface area contributed by atoms with Crippen molar-refractivity contribution in [3.8, 4) is 6.07 Å². The molecule has 0 unspecified atom stereocenters. The molecule has 1 aliphatic rings. The van der Waals surface area contributed by atoms with Crippen LogP contribution in [0.4, 0.5) is 10.1 Å². The van der Waals surface area contributed by atoms with Crippen molar-refractivity contribution in [3.63, 3.8) is 0 Å². The standard InChI is InChI=1S/C16H15FN2O3S/c1-16(2,3)22-15(21)10(8-18)14-19(13(20)9-23-14)12-7-5-4-6-11(12)17/h4-7H,9H2,1-3H3/b14-10-. The summed E-state index contributed by atoms with van der Waals surface area (Å²) >= 11 is 1.02. The van der Waals surface area contributed by atoms with Gasteiger partial charge in [0.1, 0.15) is 22.5 Å². The van der Waals surface area contributed by atoms with E-state index in [1.807, 2.05) is 0 Å². The molecule has 1 fully saturated rings. The van der Waals surface area contributed by atoms with Crippen molar-refractivity contribution in [2.75, 3.05) is 10.7 Å². The number of hydrogen-bond acceptors (Lipinski definition) is 5. The van der Waals surface area contributed by atoms with E-state index in [2.05, 4.69) is 0 Å².